The fourth-order valence-corrected chi connectivity index (χ4v) is 7.61. The number of aromatic nitrogens is 3. The Hall–Kier alpha value is -6.44. The third kappa shape index (κ3) is 4.63. The second-order valence-corrected chi connectivity index (χ2v) is 13.5. The number of aryl methyl sites for hydroxylation is 4. The van der Waals surface area contributed by atoms with Crippen LogP contribution in [0.25, 0.3) is 77.5 Å². The van der Waals surface area contributed by atoms with Crippen LogP contribution in [0.5, 0.6) is 0 Å². The molecule has 3 aromatic heterocycles. The van der Waals surface area contributed by atoms with Crippen LogP contribution in [0.4, 0.5) is 0 Å². The van der Waals surface area contributed by atoms with Gasteiger partial charge in [-0.25, -0.2) is 4.98 Å². The molecule has 0 aliphatic rings. The normalized spacial score (nSPS) is 11.6. The summed E-state index contributed by atoms with van der Waals surface area (Å²) in [6, 6.07) is 49.8. The van der Waals surface area contributed by atoms with Gasteiger partial charge in [-0.15, -0.1) is 0 Å². The Kier molecular flexibility index (Phi) is 6.72. The number of benzene rings is 6. The summed E-state index contributed by atoms with van der Waals surface area (Å²) in [6.45, 7) is 8.59. The van der Waals surface area contributed by atoms with E-state index in [-0.39, 0.29) is 0 Å². The molecule has 50 heavy (non-hydrogen) atoms. The van der Waals surface area contributed by atoms with Crippen LogP contribution < -0.4 is 0 Å². The van der Waals surface area contributed by atoms with E-state index in [9.17, 15) is 5.26 Å². The van der Waals surface area contributed by atoms with Gasteiger partial charge >= 0.3 is 0 Å². The molecule has 0 radical (unpaired) electrons. The molecule has 0 aliphatic carbocycles. The van der Waals surface area contributed by atoms with Gasteiger partial charge in [0.15, 0.2) is 0 Å². The number of hydrogen-bond donors (Lipinski definition) is 0. The zero-order valence-electron chi connectivity index (χ0n) is 28.5. The van der Waals surface area contributed by atoms with Gasteiger partial charge in [0.2, 0.25) is 0 Å². The molecule has 0 atom stereocenters. The zero-order valence-corrected chi connectivity index (χ0v) is 28.5. The average molecular weight is 643 g/mol. The Labute approximate surface area is 291 Å². The minimum Gasteiger partial charge on any atom is -0.307 e. The van der Waals surface area contributed by atoms with Gasteiger partial charge < -0.3 is 9.13 Å². The number of hydrogen-bond acceptors (Lipinski definition) is 2. The molecule has 4 nitrogen and oxygen atoms in total. The molecule has 0 amide bonds. The van der Waals surface area contributed by atoms with Crippen molar-refractivity contribution < 1.29 is 0 Å². The molecule has 0 fully saturated rings. The van der Waals surface area contributed by atoms with Crippen molar-refractivity contribution in [2.24, 2.45) is 0 Å². The summed E-state index contributed by atoms with van der Waals surface area (Å²) in [5, 5.41) is 15.6. The highest BCUT2D eigenvalue weighted by Crippen LogP contribution is 2.41. The first-order chi connectivity index (χ1) is 24.4. The molecule has 6 aromatic carbocycles. The second-order valence-electron chi connectivity index (χ2n) is 13.5. The highest BCUT2D eigenvalue weighted by atomic mass is 15.1. The Balaban J connectivity index is 1.44. The lowest BCUT2D eigenvalue weighted by molar-refractivity contribution is 1.09. The molecule has 0 unspecified atom stereocenters. The van der Waals surface area contributed by atoms with Crippen molar-refractivity contribution in [1.29, 1.82) is 5.26 Å². The lowest BCUT2D eigenvalue weighted by Crippen LogP contribution is -2.06. The topological polar surface area (TPSA) is 46.5 Å². The number of nitriles is 1. The standard InChI is InChI=1S/C46H34N4/c1-28-13-17-41-35(21-28)36-22-29(2)14-18-42(36)49(41)45-25-33(27-47)34(40-12-8-11-39(48-40)32-9-6-5-7-10-32)26-46(45)50-43-19-15-30(3)23-37(43)38-24-31(4)16-20-44(38)50/h5-26H,1-4H3. The van der Waals surface area contributed by atoms with Crippen LogP contribution in [0.15, 0.2) is 133 Å². The van der Waals surface area contributed by atoms with E-state index in [1.165, 1.54) is 43.8 Å². The largest absolute Gasteiger partial charge is 0.307 e. The van der Waals surface area contributed by atoms with Crippen LogP contribution in [0, 0.1) is 39.0 Å². The third-order valence-corrected chi connectivity index (χ3v) is 9.96. The maximum absolute atomic E-state index is 10.8. The van der Waals surface area contributed by atoms with Crippen LogP contribution in [0.2, 0.25) is 0 Å². The number of rotatable bonds is 4. The third-order valence-electron chi connectivity index (χ3n) is 9.96. The zero-order chi connectivity index (χ0) is 34.1. The van der Waals surface area contributed by atoms with E-state index in [1.54, 1.807) is 0 Å². The van der Waals surface area contributed by atoms with Crippen LogP contribution in [0.1, 0.15) is 27.8 Å². The van der Waals surface area contributed by atoms with Crippen molar-refractivity contribution in [3.63, 3.8) is 0 Å². The van der Waals surface area contributed by atoms with Gasteiger partial charge in [-0.05, 0) is 100 Å². The Morgan fingerprint density at radius 2 is 0.900 bits per heavy atom. The molecule has 3 heterocycles. The van der Waals surface area contributed by atoms with Crippen LogP contribution in [0.3, 0.4) is 0 Å². The second kappa shape index (κ2) is 11.3. The summed E-state index contributed by atoms with van der Waals surface area (Å²) in [5.74, 6) is 0. The fraction of sp³-hybridized carbons (Fsp3) is 0.0870. The first kappa shape index (κ1) is 29.7. The summed E-state index contributed by atoms with van der Waals surface area (Å²) in [4.78, 5) is 5.14. The van der Waals surface area contributed by atoms with Crippen LogP contribution in [-0.2, 0) is 0 Å². The molecule has 4 heteroatoms. The quantitative estimate of drug-likeness (QED) is 0.192. The number of fused-ring (bicyclic) bond motifs is 6. The van der Waals surface area contributed by atoms with Crippen LogP contribution in [-0.4, -0.2) is 14.1 Å². The molecule has 9 aromatic rings. The first-order valence-corrected chi connectivity index (χ1v) is 17.0. The summed E-state index contributed by atoms with van der Waals surface area (Å²) in [7, 11) is 0. The molecule has 0 aliphatic heterocycles. The number of nitrogens with zero attached hydrogens (tertiary/aromatic N) is 4. The summed E-state index contributed by atoms with van der Waals surface area (Å²) >= 11 is 0. The molecule has 9 rings (SSSR count). The Morgan fingerprint density at radius 1 is 0.460 bits per heavy atom. The van der Waals surface area contributed by atoms with Gasteiger partial charge in [0, 0.05) is 32.7 Å². The van der Waals surface area contributed by atoms with Gasteiger partial charge in [-0.3, -0.25) is 0 Å². The van der Waals surface area contributed by atoms with Crippen LogP contribution >= 0.6 is 0 Å². The molecular weight excluding hydrogens is 609 g/mol. The minimum absolute atomic E-state index is 0.572. The minimum atomic E-state index is 0.572. The molecule has 0 bridgehead atoms. The van der Waals surface area contributed by atoms with E-state index in [4.69, 9.17) is 4.98 Å². The Morgan fingerprint density at radius 3 is 1.36 bits per heavy atom. The SMILES string of the molecule is Cc1ccc2c(c1)c1cc(C)ccc1n2-c1cc(C#N)c(-c2cccc(-c3ccccc3)n2)cc1-n1c2ccc(C)cc2c2cc(C)ccc21. The van der Waals surface area contributed by atoms with E-state index in [2.05, 4.69) is 140 Å². The van der Waals surface area contributed by atoms with Crippen molar-refractivity contribution in [3.05, 3.63) is 161 Å². The van der Waals surface area contributed by atoms with Crippen molar-refractivity contribution in [2.45, 2.75) is 27.7 Å². The molecule has 238 valence electrons. The van der Waals surface area contributed by atoms with Crippen molar-refractivity contribution in [3.8, 4) is 40.0 Å². The van der Waals surface area contributed by atoms with Crippen molar-refractivity contribution >= 4 is 43.6 Å². The molecule has 0 saturated carbocycles. The van der Waals surface area contributed by atoms with Gasteiger partial charge in [0.05, 0.1) is 56.5 Å². The monoisotopic (exact) mass is 642 g/mol. The Bertz CT molecular complexity index is 2740. The highest BCUT2D eigenvalue weighted by molar-refractivity contribution is 6.12. The molecule has 0 spiro atoms. The predicted molar refractivity (Wildman–Crippen MR) is 207 cm³/mol. The molecular formula is C46H34N4. The average Bonchev–Trinajstić information content (AvgIpc) is 3.62. The van der Waals surface area contributed by atoms with E-state index in [0.29, 0.717) is 5.56 Å². The van der Waals surface area contributed by atoms with Crippen molar-refractivity contribution in [2.75, 3.05) is 0 Å². The maximum atomic E-state index is 10.8. The molecule has 0 N–H and O–H groups in total. The maximum Gasteiger partial charge on any atom is 0.0999 e. The van der Waals surface area contributed by atoms with E-state index >= 15 is 0 Å². The van der Waals surface area contributed by atoms with Gasteiger partial charge in [-0.1, -0.05) is 82.9 Å². The van der Waals surface area contributed by atoms with E-state index in [0.717, 1.165) is 56.0 Å². The summed E-state index contributed by atoms with van der Waals surface area (Å²) in [6.07, 6.45) is 0. The van der Waals surface area contributed by atoms with E-state index < -0.39 is 0 Å². The lowest BCUT2D eigenvalue weighted by Gasteiger charge is -2.19. The smallest absolute Gasteiger partial charge is 0.0999 e. The first-order valence-electron chi connectivity index (χ1n) is 17.0. The number of pyridine rings is 1. The fourth-order valence-electron chi connectivity index (χ4n) is 7.61. The van der Waals surface area contributed by atoms with Gasteiger partial charge in [0.25, 0.3) is 0 Å². The predicted octanol–water partition coefficient (Wildman–Crippen LogP) is 11.7. The van der Waals surface area contributed by atoms with Gasteiger partial charge in [-0.2, -0.15) is 5.26 Å². The van der Waals surface area contributed by atoms with Crippen molar-refractivity contribution in [1.82, 2.24) is 14.1 Å². The lowest BCUT2D eigenvalue weighted by atomic mass is 10.0. The summed E-state index contributed by atoms with van der Waals surface area (Å²) < 4.78 is 4.72. The van der Waals surface area contributed by atoms with Gasteiger partial charge in [0.1, 0.15) is 0 Å². The highest BCUT2D eigenvalue weighted by Gasteiger charge is 2.23. The summed E-state index contributed by atoms with van der Waals surface area (Å²) in [5.41, 5.74) is 15.3. The van der Waals surface area contributed by atoms with E-state index in [1.807, 2.05) is 36.4 Å². The molecule has 0 saturated heterocycles.